The van der Waals surface area contributed by atoms with Gasteiger partial charge in [0.05, 0.1) is 0 Å². The summed E-state index contributed by atoms with van der Waals surface area (Å²) < 4.78 is 4.90. The van der Waals surface area contributed by atoms with Gasteiger partial charge in [0, 0.05) is 30.8 Å². The molecule has 2 amide bonds. The first-order chi connectivity index (χ1) is 13.5. The fourth-order valence-corrected chi connectivity index (χ4v) is 3.25. The molecule has 0 aliphatic carbocycles. The minimum atomic E-state index is -0.600. The molecule has 2 N–H and O–H groups in total. The number of benzene rings is 1. The maximum Gasteiger partial charge on any atom is 0.306 e. The fraction of sp³-hybridized carbons (Fsp3) is 0.350. The lowest BCUT2D eigenvalue weighted by Crippen LogP contribution is -2.43. The van der Waals surface area contributed by atoms with Gasteiger partial charge in [-0.15, -0.1) is 0 Å². The summed E-state index contributed by atoms with van der Waals surface area (Å²) >= 11 is 1.56. The lowest BCUT2D eigenvalue weighted by atomic mass is 10.2. The van der Waals surface area contributed by atoms with E-state index in [2.05, 4.69) is 29.6 Å². The molecule has 0 bridgehead atoms. The minimum Gasteiger partial charge on any atom is -0.455 e. The van der Waals surface area contributed by atoms with E-state index in [-0.39, 0.29) is 6.42 Å². The van der Waals surface area contributed by atoms with Crippen molar-refractivity contribution in [2.45, 2.75) is 26.7 Å². The molecule has 2 aromatic rings. The average molecular weight is 404 g/mol. The normalized spacial score (nSPS) is 10.2. The van der Waals surface area contributed by atoms with E-state index in [0.29, 0.717) is 12.0 Å². The van der Waals surface area contributed by atoms with Gasteiger partial charge in [-0.2, -0.15) is 11.3 Å². The molecule has 1 heterocycles. The van der Waals surface area contributed by atoms with Crippen molar-refractivity contribution in [3.8, 4) is 0 Å². The molecule has 2 rings (SSSR count). The summed E-state index contributed by atoms with van der Waals surface area (Å²) in [6.45, 7) is 5.45. The van der Waals surface area contributed by atoms with Crippen LogP contribution in [0.25, 0.3) is 0 Å². The van der Waals surface area contributed by atoms with Gasteiger partial charge in [0.25, 0.3) is 11.8 Å². The quantitative estimate of drug-likeness (QED) is 0.496. The van der Waals surface area contributed by atoms with Crippen molar-refractivity contribution in [2.75, 3.05) is 24.6 Å². The maximum atomic E-state index is 12.1. The smallest absolute Gasteiger partial charge is 0.306 e. The van der Waals surface area contributed by atoms with Crippen LogP contribution in [0, 0.1) is 0 Å². The van der Waals surface area contributed by atoms with Gasteiger partial charge in [-0.3, -0.25) is 25.2 Å². The van der Waals surface area contributed by atoms with Gasteiger partial charge in [-0.25, -0.2) is 0 Å². The van der Waals surface area contributed by atoms with Crippen LogP contribution in [0.15, 0.2) is 41.1 Å². The number of hydrogen-bond acceptors (Lipinski definition) is 6. The number of thiophene rings is 1. The lowest BCUT2D eigenvalue weighted by Gasteiger charge is -2.21. The minimum absolute atomic E-state index is 0.204. The number of carbonyl (C=O) groups is 3. The number of rotatable bonds is 9. The van der Waals surface area contributed by atoms with Crippen molar-refractivity contribution < 1.29 is 19.1 Å². The third-order valence-corrected chi connectivity index (χ3v) is 4.87. The molecule has 8 heteroatoms. The SMILES string of the molecule is CCN(CC)c1ccc(C(=O)NNC(=O)COC(=O)CCc2ccsc2)cc1. The molecule has 0 spiro atoms. The Hall–Kier alpha value is -2.87. The summed E-state index contributed by atoms with van der Waals surface area (Å²) in [5.74, 6) is -1.50. The Labute approximate surface area is 168 Å². The second-order valence-electron chi connectivity index (χ2n) is 6.01. The molecular weight excluding hydrogens is 378 g/mol. The molecule has 0 aliphatic rings. The second kappa shape index (κ2) is 11.1. The summed E-state index contributed by atoms with van der Waals surface area (Å²) in [5.41, 5.74) is 7.06. The Morgan fingerprint density at radius 2 is 1.75 bits per heavy atom. The number of aryl methyl sites for hydroxylation is 1. The summed E-state index contributed by atoms with van der Waals surface area (Å²) in [7, 11) is 0. The van der Waals surface area contributed by atoms with Gasteiger partial charge >= 0.3 is 5.97 Å². The van der Waals surface area contributed by atoms with Gasteiger partial charge in [-0.05, 0) is 66.9 Å². The molecule has 0 unspecified atom stereocenters. The van der Waals surface area contributed by atoms with E-state index >= 15 is 0 Å². The number of anilines is 1. The molecule has 150 valence electrons. The first-order valence-electron chi connectivity index (χ1n) is 9.14. The van der Waals surface area contributed by atoms with Gasteiger partial charge in [0.1, 0.15) is 0 Å². The third-order valence-electron chi connectivity index (χ3n) is 4.14. The molecular formula is C20H25N3O4S. The van der Waals surface area contributed by atoms with Gasteiger partial charge in [-0.1, -0.05) is 0 Å². The fourth-order valence-electron chi connectivity index (χ4n) is 2.55. The first-order valence-corrected chi connectivity index (χ1v) is 10.1. The van der Waals surface area contributed by atoms with E-state index in [0.717, 1.165) is 24.3 Å². The van der Waals surface area contributed by atoms with Crippen molar-refractivity contribution in [1.29, 1.82) is 0 Å². The van der Waals surface area contributed by atoms with Crippen LogP contribution in [0.2, 0.25) is 0 Å². The standard InChI is InChI=1S/C20H25N3O4S/c1-3-23(4-2)17-8-6-16(7-9-17)20(26)22-21-18(24)13-27-19(25)10-5-15-11-12-28-14-15/h6-9,11-12,14H,3-5,10,13H2,1-2H3,(H,21,24)(H,22,26). The van der Waals surface area contributed by atoms with E-state index in [9.17, 15) is 14.4 Å². The van der Waals surface area contributed by atoms with E-state index < -0.39 is 24.4 Å². The molecule has 0 radical (unpaired) electrons. The van der Waals surface area contributed by atoms with Crippen molar-refractivity contribution in [1.82, 2.24) is 10.9 Å². The molecule has 0 atom stereocenters. The van der Waals surface area contributed by atoms with Crippen molar-refractivity contribution in [3.05, 3.63) is 52.2 Å². The number of ether oxygens (including phenoxy) is 1. The zero-order valence-electron chi connectivity index (χ0n) is 16.1. The molecule has 28 heavy (non-hydrogen) atoms. The Kier molecular flexibility index (Phi) is 8.48. The predicted octanol–water partition coefficient (Wildman–Crippen LogP) is 2.53. The van der Waals surface area contributed by atoms with Crippen LogP contribution in [-0.4, -0.2) is 37.5 Å². The number of amides is 2. The maximum absolute atomic E-state index is 12.1. The van der Waals surface area contributed by atoms with Crippen molar-refractivity contribution in [3.63, 3.8) is 0 Å². The highest BCUT2D eigenvalue weighted by molar-refractivity contribution is 7.07. The van der Waals surface area contributed by atoms with Crippen LogP contribution in [-0.2, 0) is 20.7 Å². The summed E-state index contributed by atoms with van der Waals surface area (Å²) in [6, 6.07) is 9.05. The largest absolute Gasteiger partial charge is 0.455 e. The average Bonchev–Trinajstić information content (AvgIpc) is 3.24. The molecule has 0 saturated carbocycles. The highest BCUT2D eigenvalue weighted by atomic mass is 32.1. The topological polar surface area (TPSA) is 87.7 Å². The van der Waals surface area contributed by atoms with Gasteiger partial charge in [0.2, 0.25) is 0 Å². The summed E-state index contributed by atoms with van der Waals surface area (Å²) in [4.78, 5) is 37.6. The number of hydrazine groups is 1. The number of hydrogen-bond donors (Lipinski definition) is 2. The monoisotopic (exact) mass is 403 g/mol. The van der Waals surface area contributed by atoms with Crippen LogP contribution < -0.4 is 15.8 Å². The second-order valence-corrected chi connectivity index (χ2v) is 6.79. The van der Waals surface area contributed by atoms with Crippen LogP contribution in [0.3, 0.4) is 0 Å². The zero-order chi connectivity index (χ0) is 20.4. The van der Waals surface area contributed by atoms with Crippen LogP contribution in [0.5, 0.6) is 0 Å². The first kappa shape index (κ1) is 21.4. The highest BCUT2D eigenvalue weighted by Crippen LogP contribution is 2.14. The zero-order valence-corrected chi connectivity index (χ0v) is 16.9. The van der Waals surface area contributed by atoms with E-state index in [1.165, 1.54) is 0 Å². The molecule has 0 saturated heterocycles. The predicted molar refractivity (Wildman–Crippen MR) is 109 cm³/mol. The van der Waals surface area contributed by atoms with E-state index in [1.807, 2.05) is 29.0 Å². The third kappa shape index (κ3) is 6.70. The summed E-state index contributed by atoms with van der Waals surface area (Å²) in [5, 5.41) is 3.90. The molecule has 1 aromatic heterocycles. The molecule has 0 aliphatic heterocycles. The van der Waals surface area contributed by atoms with Gasteiger partial charge in [0.15, 0.2) is 6.61 Å². The number of nitrogens with zero attached hydrogens (tertiary/aromatic N) is 1. The summed E-state index contributed by atoms with van der Waals surface area (Å²) in [6.07, 6.45) is 0.777. The van der Waals surface area contributed by atoms with Crippen LogP contribution in [0.4, 0.5) is 5.69 Å². The molecule has 1 aromatic carbocycles. The van der Waals surface area contributed by atoms with Crippen molar-refractivity contribution in [2.24, 2.45) is 0 Å². The van der Waals surface area contributed by atoms with Crippen LogP contribution >= 0.6 is 11.3 Å². The Balaban J connectivity index is 1.70. The number of esters is 1. The van der Waals surface area contributed by atoms with E-state index in [4.69, 9.17) is 4.74 Å². The van der Waals surface area contributed by atoms with Gasteiger partial charge < -0.3 is 9.64 Å². The van der Waals surface area contributed by atoms with Crippen molar-refractivity contribution >= 4 is 34.8 Å². The lowest BCUT2D eigenvalue weighted by molar-refractivity contribution is -0.148. The Morgan fingerprint density at radius 1 is 1.04 bits per heavy atom. The van der Waals surface area contributed by atoms with Crippen LogP contribution in [0.1, 0.15) is 36.2 Å². The number of carbonyl (C=O) groups excluding carboxylic acids is 3. The molecule has 7 nitrogen and oxygen atoms in total. The van der Waals surface area contributed by atoms with E-state index in [1.54, 1.807) is 23.5 Å². The number of nitrogens with one attached hydrogen (secondary N) is 2. The Bertz CT molecular complexity index is 771. The molecule has 0 fully saturated rings. The Morgan fingerprint density at radius 3 is 2.36 bits per heavy atom. The highest BCUT2D eigenvalue weighted by Gasteiger charge is 2.11.